The summed E-state index contributed by atoms with van der Waals surface area (Å²) >= 11 is 6.01. The Labute approximate surface area is 170 Å². The second-order valence-corrected chi connectivity index (χ2v) is 6.93. The average Bonchev–Trinajstić information content (AvgIpc) is 3.12. The van der Waals surface area contributed by atoms with Crippen molar-refractivity contribution in [2.24, 2.45) is 7.05 Å². The van der Waals surface area contributed by atoms with Crippen molar-refractivity contribution in [3.8, 4) is 5.75 Å². The number of H-pyrrole nitrogens is 1. The van der Waals surface area contributed by atoms with E-state index in [1.54, 1.807) is 37.6 Å². The van der Waals surface area contributed by atoms with Crippen LogP contribution in [0.5, 0.6) is 5.75 Å². The van der Waals surface area contributed by atoms with E-state index in [0.29, 0.717) is 27.2 Å². The second kappa shape index (κ2) is 7.81. The van der Waals surface area contributed by atoms with Crippen LogP contribution in [0.2, 0.25) is 5.02 Å². The quantitative estimate of drug-likeness (QED) is 0.537. The van der Waals surface area contributed by atoms with Gasteiger partial charge in [-0.2, -0.15) is 5.10 Å². The number of amides is 1. The Bertz CT molecular complexity index is 1230. The fraction of sp³-hybridized carbons (Fsp3) is 0.0952. The van der Waals surface area contributed by atoms with Crippen molar-refractivity contribution < 1.29 is 9.53 Å². The maximum Gasteiger partial charge on any atom is 0.413 e. The van der Waals surface area contributed by atoms with Gasteiger partial charge in [0.25, 0.3) is 0 Å². The molecule has 2 N–H and O–H groups in total. The standard InChI is InChI=1S/C21H17ClN4O3/c1-26-12-15(10-24-26)29-21(28)25-19(13-5-3-2-4-6-13)17-11-23-18-9-14(22)7-8-16(18)20(17)27/h2-12,19H,1H3,(H,23,27)(H,25,28). The van der Waals surface area contributed by atoms with E-state index in [4.69, 9.17) is 16.3 Å². The van der Waals surface area contributed by atoms with Crippen molar-refractivity contribution in [2.45, 2.75) is 6.04 Å². The summed E-state index contributed by atoms with van der Waals surface area (Å²) in [7, 11) is 1.72. The number of aryl methyl sites for hydroxylation is 1. The van der Waals surface area contributed by atoms with Gasteiger partial charge in [0, 0.05) is 29.2 Å². The van der Waals surface area contributed by atoms with Crippen LogP contribution in [0.1, 0.15) is 17.2 Å². The maximum absolute atomic E-state index is 13.1. The van der Waals surface area contributed by atoms with Gasteiger partial charge in [-0.25, -0.2) is 4.79 Å². The number of halogens is 1. The van der Waals surface area contributed by atoms with Gasteiger partial charge >= 0.3 is 6.09 Å². The third kappa shape index (κ3) is 4.00. The fourth-order valence-electron chi connectivity index (χ4n) is 3.12. The van der Waals surface area contributed by atoms with Crippen molar-refractivity contribution in [1.82, 2.24) is 20.1 Å². The molecule has 4 aromatic rings. The Kier molecular flexibility index (Phi) is 5.05. The molecule has 0 aliphatic heterocycles. The zero-order valence-corrected chi connectivity index (χ0v) is 16.2. The van der Waals surface area contributed by atoms with Crippen LogP contribution in [0.25, 0.3) is 10.9 Å². The number of ether oxygens (including phenoxy) is 1. The molecule has 0 saturated carbocycles. The Balaban J connectivity index is 1.72. The van der Waals surface area contributed by atoms with Crippen LogP contribution in [0.15, 0.2) is 71.9 Å². The van der Waals surface area contributed by atoms with Gasteiger partial charge in [-0.3, -0.25) is 9.48 Å². The third-order valence-electron chi connectivity index (χ3n) is 4.47. The Morgan fingerprint density at radius 2 is 2.03 bits per heavy atom. The number of carbonyl (C=O) groups is 1. The van der Waals surface area contributed by atoms with Gasteiger partial charge in [0.2, 0.25) is 0 Å². The number of hydrogen-bond donors (Lipinski definition) is 2. The van der Waals surface area contributed by atoms with Crippen molar-refractivity contribution in [3.05, 3.63) is 93.5 Å². The number of aromatic nitrogens is 3. The van der Waals surface area contributed by atoms with Crippen molar-refractivity contribution in [3.63, 3.8) is 0 Å². The number of aromatic amines is 1. The molecule has 0 fully saturated rings. The van der Waals surface area contributed by atoms with Crippen LogP contribution >= 0.6 is 11.6 Å². The molecular formula is C21H17ClN4O3. The van der Waals surface area contributed by atoms with Crippen molar-refractivity contribution >= 4 is 28.6 Å². The number of fused-ring (bicyclic) bond motifs is 1. The summed E-state index contributed by atoms with van der Waals surface area (Å²) < 4.78 is 6.81. The van der Waals surface area contributed by atoms with E-state index < -0.39 is 12.1 Å². The van der Waals surface area contributed by atoms with E-state index in [2.05, 4.69) is 15.4 Å². The lowest BCUT2D eigenvalue weighted by Crippen LogP contribution is -2.34. The summed E-state index contributed by atoms with van der Waals surface area (Å²) in [5, 5.41) is 7.75. The predicted octanol–water partition coefficient (Wildman–Crippen LogP) is 3.79. The molecule has 7 nitrogen and oxygen atoms in total. The first-order chi connectivity index (χ1) is 14.0. The molecule has 1 amide bonds. The smallest absolute Gasteiger partial charge is 0.407 e. The molecule has 1 atom stereocenters. The number of pyridine rings is 1. The first kappa shape index (κ1) is 18.8. The minimum atomic E-state index is -0.704. The highest BCUT2D eigenvalue weighted by atomic mass is 35.5. The summed E-state index contributed by atoms with van der Waals surface area (Å²) in [5.41, 5.74) is 1.55. The normalized spacial score (nSPS) is 11.9. The van der Waals surface area contributed by atoms with Crippen LogP contribution in [-0.4, -0.2) is 20.9 Å². The molecule has 146 valence electrons. The number of rotatable bonds is 4. The summed E-state index contributed by atoms with van der Waals surface area (Å²) in [4.78, 5) is 28.7. The lowest BCUT2D eigenvalue weighted by molar-refractivity contribution is 0.198. The predicted molar refractivity (Wildman–Crippen MR) is 110 cm³/mol. The van der Waals surface area contributed by atoms with E-state index in [1.807, 2.05) is 30.3 Å². The van der Waals surface area contributed by atoms with Gasteiger partial charge in [-0.15, -0.1) is 0 Å². The molecule has 0 spiro atoms. The van der Waals surface area contributed by atoms with Gasteiger partial charge in [-0.1, -0.05) is 41.9 Å². The minimum absolute atomic E-state index is 0.203. The van der Waals surface area contributed by atoms with E-state index in [9.17, 15) is 9.59 Å². The molecule has 4 rings (SSSR count). The molecule has 8 heteroatoms. The molecule has 0 bridgehead atoms. The summed E-state index contributed by atoms with van der Waals surface area (Å²) in [5.74, 6) is 0.305. The molecule has 0 aliphatic rings. The number of hydrogen-bond acceptors (Lipinski definition) is 4. The molecule has 0 saturated heterocycles. The Morgan fingerprint density at radius 1 is 1.24 bits per heavy atom. The number of nitrogens with one attached hydrogen (secondary N) is 2. The summed E-state index contributed by atoms with van der Waals surface area (Å²) in [6.07, 6.45) is 3.90. The topological polar surface area (TPSA) is 89.0 Å². The Hall–Kier alpha value is -3.58. The zero-order valence-electron chi connectivity index (χ0n) is 15.4. The number of carbonyl (C=O) groups excluding carboxylic acids is 1. The summed E-state index contributed by atoms with van der Waals surface area (Å²) in [6.45, 7) is 0. The molecule has 0 radical (unpaired) electrons. The van der Waals surface area contributed by atoms with E-state index >= 15 is 0 Å². The molecule has 29 heavy (non-hydrogen) atoms. The average molecular weight is 409 g/mol. The van der Waals surface area contributed by atoms with E-state index in [-0.39, 0.29) is 5.43 Å². The second-order valence-electron chi connectivity index (χ2n) is 6.49. The molecule has 1 unspecified atom stereocenters. The molecular weight excluding hydrogens is 392 g/mol. The highest BCUT2D eigenvalue weighted by Crippen LogP contribution is 2.22. The molecule has 2 aromatic carbocycles. The van der Waals surface area contributed by atoms with Crippen LogP contribution in [0, 0.1) is 0 Å². The van der Waals surface area contributed by atoms with Crippen LogP contribution < -0.4 is 15.5 Å². The first-order valence-corrected chi connectivity index (χ1v) is 9.22. The third-order valence-corrected chi connectivity index (χ3v) is 4.70. The minimum Gasteiger partial charge on any atom is -0.407 e. The van der Waals surface area contributed by atoms with E-state index in [0.717, 1.165) is 5.56 Å². The maximum atomic E-state index is 13.1. The SMILES string of the molecule is Cn1cc(OC(=O)NC(c2ccccc2)c2c[nH]c3cc(Cl)ccc3c2=O)cn1. The van der Waals surface area contributed by atoms with Crippen molar-refractivity contribution in [1.29, 1.82) is 0 Å². The first-order valence-electron chi connectivity index (χ1n) is 8.84. The Morgan fingerprint density at radius 3 is 2.76 bits per heavy atom. The lowest BCUT2D eigenvalue weighted by atomic mass is 9.98. The van der Waals surface area contributed by atoms with Gasteiger partial charge in [-0.05, 0) is 23.8 Å². The van der Waals surface area contributed by atoms with Crippen molar-refractivity contribution in [2.75, 3.05) is 0 Å². The lowest BCUT2D eigenvalue weighted by Gasteiger charge is -2.19. The van der Waals surface area contributed by atoms with Gasteiger partial charge in [0.1, 0.15) is 0 Å². The van der Waals surface area contributed by atoms with E-state index in [1.165, 1.54) is 10.9 Å². The van der Waals surface area contributed by atoms with Gasteiger partial charge in [0.05, 0.1) is 24.0 Å². The summed E-state index contributed by atoms with van der Waals surface area (Å²) in [6, 6.07) is 13.5. The molecule has 2 heterocycles. The monoisotopic (exact) mass is 408 g/mol. The van der Waals surface area contributed by atoms with Crippen LogP contribution in [0.4, 0.5) is 4.79 Å². The van der Waals surface area contributed by atoms with Crippen LogP contribution in [0.3, 0.4) is 0 Å². The molecule has 0 aliphatic carbocycles. The highest BCUT2D eigenvalue weighted by molar-refractivity contribution is 6.31. The highest BCUT2D eigenvalue weighted by Gasteiger charge is 2.22. The van der Waals surface area contributed by atoms with Gasteiger partial charge in [0.15, 0.2) is 11.2 Å². The zero-order chi connectivity index (χ0) is 20.4. The number of nitrogens with zero attached hydrogens (tertiary/aromatic N) is 2. The van der Waals surface area contributed by atoms with Gasteiger partial charge < -0.3 is 15.0 Å². The fourth-order valence-corrected chi connectivity index (χ4v) is 3.29. The number of benzene rings is 2. The van der Waals surface area contributed by atoms with Crippen LogP contribution in [-0.2, 0) is 7.05 Å². The molecule has 2 aromatic heterocycles. The largest absolute Gasteiger partial charge is 0.413 e.